The van der Waals surface area contributed by atoms with Crippen molar-refractivity contribution >= 4 is 23.3 Å². The summed E-state index contributed by atoms with van der Waals surface area (Å²) in [5.74, 6) is 0.155. The maximum atomic E-state index is 13.7. The van der Waals surface area contributed by atoms with E-state index in [-0.39, 0.29) is 24.1 Å². The lowest BCUT2D eigenvalue weighted by atomic mass is 10.00. The molecule has 3 aromatic rings. The number of esters is 1. The Kier molecular flexibility index (Phi) is 7.97. The molecular weight excluding hydrogens is 526 g/mol. The first kappa shape index (κ1) is 26.7. The average Bonchev–Trinajstić information content (AvgIpc) is 3.77. The van der Waals surface area contributed by atoms with Crippen molar-refractivity contribution in [1.29, 1.82) is 0 Å². The predicted molar refractivity (Wildman–Crippen MR) is 151 cm³/mol. The Bertz CT molecular complexity index is 1290. The zero-order chi connectivity index (χ0) is 27.5. The van der Waals surface area contributed by atoms with Crippen LogP contribution in [-0.2, 0) is 11.3 Å². The molecular formula is C30H35N5O4S. The van der Waals surface area contributed by atoms with Crippen LogP contribution in [0, 0.1) is 0 Å². The Labute approximate surface area is 238 Å². The summed E-state index contributed by atoms with van der Waals surface area (Å²) in [7, 11) is 1.35. The van der Waals surface area contributed by atoms with Crippen LogP contribution in [-0.4, -0.2) is 75.5 Å². The Morgan fingerprint density at radius 3 is 2.38 bits per heavy atom. The third-order valence-electron chi connectivity index (χ3n) is 8.39. The molecule has 0 radical (unpaired) electrons. The van der Waals surface area contributed by atoms with Crippen LogP contribution in [0.4, 0.5) is 4.79 Å². The third-order valence-corrected chi connectivity index (χ3v) is 9.09. The van der Waals surface area contributed by atoms with Crippen molar-refractivity contribution in [2.45, 2.75) is 63.2 Å². The van der Waals surface area contributed by atoms with Gasteiger partial charge in [-0.1, -0.05) is 12.8 Å². The molecule has 6 rings (SSSR count). The van der Waals surface area contributed by atoms with E-state index in [0.717, 1.165) is 57.4 Å². The number of hydrogen-bond donors (Lipinski definition) is 0. The van der Waals surface area contributed by atoms with Crippen LogP contribution in [0.15, 0.2) is 53.5 Å². The lowest BCUT2D eigenvalue weighted by Crippen LogP contribution is -2.47. The molecule has 2 aromatic heterocycles. The molecule has 3 aliphatic rings. The fraction of sp³-hybridized carbons (Fsp3) is 0.467. The highest BCUT2D eigenvalue weighted by atomic mass is 32.1. The van der Waals surface area contributed by atoms with E-state index in [1.165, 1.54) is 25.5 Å². The number of urea groups is 1. The smallest absolute Gasteiger partial charge is 0.337 e. The van der Waals surface area contributed by atoms with E-state index in [1.807, 2.05) is 0 Å². The summed E-state index contributed by atoms with van der Waals surface area (Å²) in [5, 5.41) is 4.33. The van der Waals surface area contributed by atoms with Gasteiger partial charge in [-0.25, -0.2) is 19.6 Å². The molecule has 4 heterocycles. The van der Waals surface area contributed by atoms with Crippen LogP contribution in [0.25, 0.3) is 0 Å². The van der Waals surface area contributed by atoms with E-state index in [2.05, 4.69) is 41.5 Å². The van der Waals surface area contributed by atoms with Crippen LogP contribution in [0.3, 0.4) is 0 Å². The number of nitrogens with zero attached hydrogens (tertiary/aromatic N) is 5. The van der Waals surface area contributed by atoms with E-state index in [0.29, 0.717) is 17.4 Å². The number of ether oxygens (including phenoxy) is 2. The maximum absolute atomic E-state index is 13.7. The average molecular weight is 562 g/mol. The van der Waals surface area contributed by atoms with Crippen molar-refractivity contribution in [3.63, 3.8) is 0 Å². The molecule has 2 aliphatic heterocycles. The number of piperidine rings is 1. The maximum Gasteiger partial charge on any atom is 0.337 e. The molecule has 40 heavy (non-hydrogen) atoms. The number of carbonyl (C=O) groups excluding carboxylic acids is 2. The molecule has 2 amide bonds. The third kappa shape index (κ3) is 5.69. The van der Waals surface area contributed by atoms with Gasteiger partial charge < -0.3 is 19.3 Å². The molecule has 3 fully saturated rings. The molecule has 0 N–H and O–H groups in total. The molecule has 210 valence electrons. The van der Waals surface area contributed by atoms with Gasteiger partial charge in [0, 0.05) is 56.2 Å². The largest absolute Gasteiger partial charge is 0.465 e. The minimum absolute atomic E-state index is 0.161. The summed E-state index contributed by atoms with van der Waals surface area (Å²) in [4.78, 5) is 40.8. The van der Waals surface area contributed by atoms with Gasteiger partial charge >= 0.3 is 18.0 Å². The van der Waals surface area contributed by atoms with E-state index in [9.17, 15) is 9.59 Å². The standard InChI is InChI=1S/C30H35N5O4S/c1-38-28(36)22-6-8-26(9-7-22)39-29-31-16-21(17-32-29)18-33-13-10-25(11-14-33)35-27(23-12-15-40-20-23)19-34(30(35)37)24-4-2-3-5-24/h6-9,12,15-17,20,24-25,27H,2-5,10-11,13-14,18-19H2,1H3. The first-order valence-electron chi connectivity index (χ1n) is 14.1. The molecule has 2 saturated heterocycles. The fourth-order valence-electron chi connectivity index (χ4n) is 6.27. The minimum Gasteiger partial charge on any atom is -0.465 e. The van der Waals surface area contributed by atoms with Crippen molar-refractivity contribution < 1.29 is 19.1 Å². The van der Waals surface area contributed by atoms with Crippen LogP contribution >= 0.6 is 11.3 Å². The highest BCUT2D eigenvalue weighted by Crippen LogP contribution is 2.39. The van der Waals surface area contributed by atoms with Crippen LogP contribution < -0.4 is 4.74 Å². The number of methoxy groups -OCH3 is 1. The van der Waals surface area contributed by atoms with E-state index >= 15 is 0 Å². The number of thiophene rings is 1. The molecule has 0 spiro atoms. The van der Waals surface area contributed by atoms with Crippen molar-refractivity contribution in [2.75, 3.05) is 26.7 Å². The second-order valence-electron chi connectivity index (χ2n) is 10.9. The quantitative estimate of drug-likeness (QED) is 0.336. The monoisotopic (exact) mass is 561 g/mol. The molecule has 1 atom stereocenters. The highest BCUT2D eigenvalue weighted by Gasteiger charge is 2.45. The number of amides is 2. The number of aromatic nitrogens is 2. The fourth-order valence-corrected chi connectivity index (χ4v) is 6.98. The van der Waals surface area contributed by atoms with Gasteiger partial charge in [-0.15, -0.1) is 0 Å². The number of likely N-dealkylation sites (tertiary alicyclic amines) is 1. The van der Waals surface area contributed by atoms with E-state index < -0.39 is 5.97 Å². The lowest BCUT2D eigenvalue weighted by Gasteiger charge is -2.39. The lowest BCUT2D eigenvalue weighted by molar-refractivity contribution is 0.0600. The molecule has 1 aromatic carbocycles. The zero-order valence-electron chi connectivity index (χ0n) is 22.8. The van der Waals surface area contributed by atoms with Gasteiger partial charge in [-0.3, -0.25) is 4.90 Å². The molecule has 1 saturated carbocycles. The molecule has 9 nitrogen and oxygen atoms in total. The number of benzene rings is 1. The second kappa shape index (κ2) is 11.9. The summed E-state index contributed by atoms with van der Waals surface area (Å²) in [5.41, 5.74) is 2.75. The van der Waals surface area contributed by atoms with Gasteiger partial charge in [0.25, 0.3) is 0 Å². The van der Waals surface area contributed by atoms with Crippen LogP contribution in [0.5, 0.6) is 11.8 Å². The van der Waals surface area contributed by atoms with E-state index in [4.69, 9.17) is 9.47 Å². The van der Waals surface area contributed by atoms with Gasteiger partial charge in [-0.05, 0) is 72.3 Å². The Hall–Kier alpha value is -3.50. The molecule has 1 aliphatic carbocycles. The normalized spacial score (nSPS) is 20.8. The summed E-state index contributed by atoms with van der Waals surface area (Å²) in [6.45, 7) is 3.44. The first-order chi connectivity index (χ1) is 19.6. The Morgan fingerprint density at radius 2 is 1.73 bits per heavy atom. The molecule has 10 heteroatoms. The summed E-state index contributed by atoms with van der Waals surface area (Å²) >= 11 is 1.71. The molecule has 0 bridgehead atoms. The molecule has 1 unspecified atom stereocenters. The van der Waals surface area contributed by atoms with Crippen LogP contribution in [0.1, 0.15) is 66.1 Å². The van der Waals surface area contributed by atoms with Gasteiger partial charge in [-0.2, -0.15) is 11.3 Å². The Morgan fingerprint density at radius 1 is 1.00 bits per heavy atom. The van der Waals surface area contributed by atoms with Gasteiger partial charge in [0.1, 0.15) is 5.75 Å². The SMILES string of the molecule is COC(=O)c1ccc(Oc2ncc(CN3CCC(N4C(=O)N(C5CCCC5)CC4c4ccsc4)CC3)cn2)cc1. The predicted octanol–water partition coefficient (Wildman–Crippen LogP) is 5.50. The topological polar surface area (TPSA) is 88.1 Å². The Balaban J connectivity index is 1.04. The minimum atomic E-state index is -0.392. The van der Waals surface area contributed by atoms with Gasteiger partial charge in [0.2, 0.25) is 0 Å². The highest BCUT2D eigenvalue weighted by molar-refractivity contribution is 7.08. The number of rotatable bonds is 8. The van der Waals surface area contributed by atoms with Gasteiger partial charge in [0.05, 0.1) is 18.7 Å². The van der Waals surface area contributed by atoms with Gasteiger partial charge in [0.15, 0.2) is 0 Å². The number of carbonyl (C=O) groups is 2. The van der Waals surface area contributed by atoms with Crippen molar-refractivity contribution in [2.24, 2.45) is 0 Å². The van der Waals surface area contributed by atoms with Crippen LogP contribution in [0.2, 0.25) is 0 Å². The number of hydrogen-bond acceptors (Lipinski definition) is 8. The second-order valence-corrected chi connectivity index (χ2v) is 11.6. The first-order valence-corrected chi connectivity index (χ1v) is 15.0. The zero-order valence-corrected chi connectivity index (χ0v) is 23.6. The van der Waals surface area contributed by atoms with Crippen molar-refractivity contribution in [3.05, 3.63) is 70.2 Å². The summed E-state index contributed by atoms with van der Waals surface area (Å²) in [6, 6.07) is 10.2. The summed E-state index contributed by atoms with van der Waals surface area (Å²) in [6.07, 6.45) is 10.3. The van der Waals surface area contributed by atoms with Crippen molar-refractivity contribution in [3.8, 4) is 11.8 Å². The van der Waals surface area contributed by atoms with Crippen molar-refractivity contribution in [1.82, 2.24) is 24.7 Å². The van der Waals surface area contributed by atoms with E-state index in [1.54, 1.807) is 48.0 Å². The summed E-state index contributed by atoms with van der Waals surface area (Å²) < 4.78 is 10.5.